The highest BCUT2D eigenvalue weighted by Gasteiger charge is 2.10. The van der Waals surface area contributed by atoms with Gasteiger partial charge < -0.3 is 9.47 Å². The number of ether oxygens (including phenoxy) is 2. The average Bonchev–Trinajstić information content (AvgIpc) is 2.51. The van der Waals surface area contributed by atoms with Crippen molar-refractivity contribution in [3.05, 3.63) is 53.9 Å². The molecule has 2 rings (SSSR count). The predicted octanol–water partition coefficient (Wildman–Crippen LogP) is 3.90. The first-order chi connectivity index (χ1) is 10.5. The molecule has 0 saturated heterocycles. The van der Waals surface area contributed by atoms with Gasteiger partial charge in [0, 0.05) is 6.07 Å². The minimum absolute atomic E-state index is 0.483. The lowest BCUT2D eigenvalue weighted by molar-refractivity contribution is 0.301. The molecule has 0 aliphatic rings. The molecule has 2 aromatic rings. The van der Waals surface area contributed by atoms with E-state index < -0.39 is 8.07 Å². The van der Waals surface area contributed by atoms with Crippen LogP contribution in [0.25, 0.3) is 0 Å². The number of methoxy groups -OCH3 is 1. The molecule has 1 aromatic heterocycles. The van der Waals surface area contributed by atoms with E-state index in [9.17, 15) is 0 Å². The number of hydrogen-bond acceptors (Lipinski definition) is 3. The molecule has 0 fully saturated rings. The molecule has 0 saturated carbocycles. The fraction of sp³-hybridized carbons (Fsp3) is 0.278. The standard InChI is InChI=1S/C18H21NO2Si/c1-20-16-12-18(21-14-15-8-6-5-7-9-15)17(19-13-16)10-11-22(2,3)4/h5-9,12-13H,14H2,1-4H3. The van der Waals surface area contributed by atoms with Crippen LogP contribution in [0.4, 0.5) is 0 Å². The maximum Gasteiger partial charge on any atom is 0.157 e. The number of benzene rings is 1. The predicted molar refractivity (Wildman–Crippen MR) is 91.8 cm³/mol. The van der Waals surface area contributed by atoms with Crippen LogP contribution in [-0.2, 0) is 6.61 Å². The molecule has 0 aliphatic heterocycles. The highest BCUT2D eigenvalue weighted by atomic mass is 28.3. The molecule has 0 bridgehead atoms. The molecule has 4 heteroatoms. The van der Waals surface area contributed by atoms with Gasteiger partial charge in [-0.2, -0.15) is 0 Å². The third-order valence-corrected chi connectivity index (χ3v) is 3.73. The van der Waals surface area contributed by atoms with E-state index in [0.717, 1.165) is 5.56 Å². The Balaban J connectivity index is 2.24. The summed E-state index contributed by atoms with van der Waals surface area (Å²) in [4.78, 5) is 4.36. The van der Waals surface area contributed by atoms with E-state index >= 15 is 0 Å². The van der Waals surface area contributed by atoms with Gasteiger partial charge in [0.15, 0.2) is 11.4 Å². The average molecular weight is 311 g/mol. The molecule has 0 N–H and O–H groups in total. The van der Waals surface area contributed by atoms with Gasteiger partial charge in [-0.25, -0.2) is 4.98 Å². The highest BCUT2D eigenvalue weighted by molar-refractivity contribution is 6.83. The maximum atomic E-state index is 5.90. The second kappa shape index (κ2) is 7.14. The van der Waals surface area contributed by atoms with E-state index in [-0.39, 0.29) is 0 Å². The van der Waals surface area contributed by atoms with E-state index in [2.05, 4.69) is 36.1 Å². The monoisotopic (exact) mass is 311 g/mol. The van der Waals surface area contributed by atoms with Crippen molar-refractivity contribution in [3.8, 4) is 23.0 Å². The largest absolute Gasteiger partial charge is 0.495 e. The fourth-order valence-electron chi connectivity index (χ4n) is 1.72. The van der Waals surface area contributed by atoms with Crippen molar-refractivity contribution in [2.45, 2.75) is 26.2 Å². The molecule has 0 aliphatic carbocycles. The molecule has 0 atom stereocenters. The molecule has 114 valence electrons. The van der Waals surface area contributed by atoms with Gasteiger partial charge in [0.05, 0.1) is 13.3 Å². The second-order valence-electron chi connectivity index (χ2n) is 6.00. The number of rotatable bonds is 4. The highest BCUT2D eigenvalue weighted by Crippen LogP contribution is 2.23. The van der Waals surface area contributed by atoms with Crippen LogP contribution in [0.2, 0.25) is 19.6 Å². The van der Waals surface area contributed by atoms with Crippen LogP contribution >= 0.6 is 0 Å². The summed E-state index contributed by atoms with van der Waals surface area (Å²) in [5.41, 5.74) is 5.09. The first-order valence-electron chi connectivity index (χ1n) is 7.22. The molecule has 3 nitrogen and oxygen atoms in total. The lowest BCUT2D eigenvalue weighted by Crippen LogP contribution is -2.16. The van der Waals surface area contributed by atoms with Crippen LogP contribution < -0.4 is 9.47 Å². The molecular formula is C18H21NO2Si. The van der Waals surface area contributed by atoms with Crippen molar-refractivity contribution in [2.75, 3.05) is 7.11 Å². The van der Waals surface area contributed by atoms with Crippen molar-refractivity contribution >= 4 is 8.07 Å². The lowest BCUT2D eigenvalue weighted by atomic mass is 10.2. The Morgan fingerprint density at radius 1 is 1.14 bits per heavy atom. The Hall–Kier alpha value is -2.25. The zero-order valence-corrected chi connectivity index (χ0v) is 14.5. The SMILES string of the molecule is COc1cnc(C#C[Si](C)(C)C)c(OCc2ccccc2)c1. The van der Waals surface area contributed by atoms with Crippen molar-refractivity contribution in [1.82, 2.24) is 4.98 Å². The van der Waals surface area contributed by atoms with Gasteiger partial charge in [0.25, 0.3) is 0 Å². The number of pyridine rings is 1. The minimum atomic E-state index is -1.46. The van der Waals surface area contributed by atoms with Crippen LogP contribution in [0, 0.1) is 11.5 Å². The van der Waals surface area contributed by atoms with E-state index in [1.54, 1.807) is 13.3 Å². The van der Waals surface area contributed by atoms with Gasteiger partial charge in [-0.05, 0) is 5.56 Å². The van der Waals surface area contributed by atoms with Gasteiger partial charge in [-0.3, -0.25) is 0 Å². The summed E-state index contributed by atoms with van der Waals surface area (Å²) in [5, 5.41) is 0. The molecule has 0 amide bonds. The van der Waals surface area contributed by atoms with E-state index in [0.29, 0.717) is 23.8 Å². The van der Waals surface area contributed by atoms with E-state index in [1.807, 2.05) is 36.4 Å². The lowest BCUT2D eigenvalue weighted by Gasteiger charge is -2.10. The smallest absolute Gasteiger partial charge is 0.157 e. The molecule has 1 heterocycles. The first kappa shape index (κ1) is 16.1. The van der Waals surface area contributed by atoms with Crippen LogP contribution in [0.15, 0.2) is 42.6 Å². The summed E-state index contributed by atoms with van der Waals surface area (Å²) in [6.45, 7) is 7.09. The Kier molecular flexibility index (Phi) is 5.24. The molecule has 1 aromatic carbocycles. The van der Waals surface area contributed by atoms with Crippen molar-refractivity contribution in [1.29, 1.82) is 0 Å². The van der Waals surface area contributed by atoms with Crippen molar-refractivity contribution in [2.24, 2.45) is 0 Å². The molecular weight excluding hydrogens is 290 g/mol. The maximum absolute atomic E-state index is 5.90. The Morgan fingerprint density at radius 2 is 1.86 bits per heavy atom. The zero-order valence-electron chi connectivity index (χ0n) is 13.5. The van der Waals surface area contributed by atoms with Crippen LogP contribution in [0.1, 0.15) is 11.3 Å². The number of aromatic nitrogens is 1. The topological polar surface area (TPSA) is 31.4 Å². The van der Waals surface area contributed by atoms with Gasteiger partial charge in [0.2, 0.25) is 0 Å². The molecule has 0 spiro atoms. The summed E-state index contributed by atoms with van der Waals surface area (Å²) >= 11 is 0. The summed E-state index contributed by atoms with van der Waals surface area (Å²) in [5.74, 6) is 4.49. The number of hydrogen-bond donors (Lipinski definition) is 0. The van der Waals surface area contributed by atoms with Gasteiger partial charge in [-0.1, -0.05) is 55.9 Å². The van der Waals surface area contributed by atoms with Gasteiger partial charge in [-0.15, -0.1) is 5.54 Å². The number of nitrogens with zero attached hydrogens (tertiary/aromatic N) is 1. The third kappa shape index (κ3) is 4.94. The normalized spacial score (nSPS) is 10.5. The Bertz CT molecular complexity index is 682. The molecule has 22 heavy (non-hydrogen) atoms. The van der Waals surface area contributed by atoms with Crippen LogP contribution in [-0.4, -0.2) is 20.2 Å². The quantitative estimate of drug-likeness (QED) is 0.634. The minimum Gasteiger partial charge on any atom is -0.495 e. The van der Waals surface area contributed by atoms with Crippen LogP contribution in [0.3, 0.4) is 0 Å². The summed E-state index contributed by atoms with van der Waals surface area (Å²) in [6, 6.07) is 11.9. The van der Waals surface area contributed by atoms with Gasteiger partial charge >= 0.3 is 0 Å². The van der Waals surface area contributed by atoms with Crippen molar-refractivity contribution in [3.63, 3.8) is 0 Å². The first-order valence-corrected chi connectivity index (χ1v) is 10.7. The third-order valence-electron chi connectivity index (χ3n) is 2.86. The summed E-state index contributed by atoms with van der Waals surface area (Å²) < 4.78 is 11.1. The van der Waals surface area contributed by atoms with Crippen molar-refractivity contribution < 1.29 is 9.47 Å². The van der Waals surface area contributed by atoms with Crippen LogP contribution in [0.5, 0.6) is 11.5 Å². The fourth-order valence-corrected chi connectivity index (χ4v) is 2.22. The Labute approximate surface area is 133 Å². The summed E-state index contributed by atoms with van der Waals surface area (Å²) in [6.07, 6.45) is 1.67. The molecule has 0 radical (unpaired) electrons. The van der Waals surface area contributed by atoms with E-state index in [4.69, 9.17) is 9.47 Å². The van der Waals surface area contributed by atoms with Gasteiger partial charge in [0.1, 0.15) is 20.4 Å². The van der Waals surface area contributed by atoms with E-state index in [1.165, 1.54) is 0 Å². The molecule has 0 unspecified atom stereocenters. The summed E-state index contributed by atoms with van der Waals surface area (Å²) in [7, 11) is 0.157. The second-order valence-corrected chi connectivity index (χ2v) is 10.7. The Morgan fingerprint density at radius 3 is 2.50 bits per heavy atom. The zero-order chi connectivity index (χ0) is 16.0.